The van der Waals surface area contributed by atoms with Crippen LogP contribution < -0.4 is 10.1 Å². The fraction of sp³-hybridized carbons (Fsp3) is 0.257. The van der Waals surface area contributed by atoms with Crippen molar-refractivity contribution in [2.45, 2.75) is 37.8 Å². The molecule has 2 atom stereocenters. The summed E-state index contributed by atoms with van der Waals surface area (Å²) in [6.45, 7) is 3.09. The molecular weight excluding hydrogens is 592 g/mol. The van der Waals surface area contributed by atoms with E-state index in [2.05, 4.69) is 45.5 Å². The third-order valence-electron chi connectivity index (χ3n) is 7.27. The molecular formula is C35H35BrN2O4. The van der Waals surface area contributed by atoms with E-state index in [-0.39, 0.29) is 12.5 Å². The van der Waals surface area contributed by atoms with Crippen molar-refractivity contribution >= 4 is 27.7 Å². The lowest BCUT2D eigenvalue weighted by atomic mass is 9.81. The summed E-state index contributed by atoms with van der Waals surface area (Å²) in [6.07, 6.45) is 1.10. The van der Waals surface area contributed by atoms with Crippen molar-refractivity contribution in [3.05, 3.63) is 124 Å². The second-order valence-electron chi connectivity index (χ2n) is 10.3. The van der Waals surface area contributed by atoms with Gasteiger partial charge >= 0.3 is 0 Å². The Hall–Kier alpha value is -3.94. The standard InChI is InChI=1S/C35H35BrN2O4/c1-2-21-37-34(40)35(24-25-9-17-30(36)18-10-25)32(28-13-11-27(12-14-28)26-7-4-3-5-8-26)42-33(38-35)29-15-19-31(20-16-29)41-23-6-22-39/h3-5,7-20,32,39H,2,6,21-24H2,1H3,(H,37,40)/t32-,35-/m1/s1. The molecule has 4 aromatic rings. The highest BCUT2D eigenvalue weighted by molar-refractivity contribution is 9.10. The molecule has 0 saturated heterocycles. The number of hydrogen-bond donors (Lipinski definition) is 2. The molecule has 7 heteroatoms. The van der Waals surface area contributed by atoms with Crippen molar-refractivity contribution in [1.82, 2.24) is 5.32 Å². The van der Waals surface area contributed by atoms with Gasteiger partial charge in [0.25, 0.3) is 5.91 Å². The Morgan fingerprint density at radius 3 is 2.26 bits per heavy atom. The van der Waals surface area contributed by atoms with Crippen LogP contribution in [0.2, 0.25) is 0 Å². The van der Waals surface area contributed by atoms with Gasteiger partial charge in [-0.2, -0.15) is 0 Å². The molecule has 5 rings (SSSR count). The van der Waals surface area contributed by atoms with E-state index in [1.807, 2.05) is 85.8 Å². The summed E-state index contributed by atoms with van der Waals surface area (Å²) >= 11 is 3.52. The van der Waals surface area contributed by atoms with Crippen LogP contribution in [0.25, 0.3) is 11.1 Å². The number of aliphatic hydroxyl groups is 1. The van der Waals surface area contributed by atoms with Crippen LogP contribution in [0.3, 0.4) is 0 Å². The van der Waals surface area contributed by atoms with Gasteiger partial charge in [0, 0.05) is 36.0 Å². The first kappa shape index (κ1) is 29.5. The number of amides is 1. The minimum atomic E-state index is -1.22. The fourth-order valence-corrected chi connectivity index (χ4v) is 5.33. The largest absolute Gasteiger partial charge is 0.494 e. The zero-order valence-corrected chi connectivity index (χ0v) is 25.2. The van der Waals surface area contributed by atoms with Crippen LogP contribution in [0, 0.1) is 0 Å². The summed E-state index contributed by atoms with van der Waals surface area (Å²) in [6, 6.07) is 33.9. The average Bonchev–Trinajstić information content (AvgIpc) is 3.42. The minimum absolute atomic E-state index is 0.0803. The van der Waals surface area contributed by atoms with E-state index in [0.29, 0.717) is 37.6 Å². The van der Waals surface area contributed by atoms with Crippen LogP contribution in [0.15, 0.2) is 113 Å². The van der Waals surface area contributed by atoms with Crippen molar-refractivity contribution < 1.29 is 19.4 Å². The van der Waals surface area contributed by atoms with Gasteiger partial charge in [0.05, 0.1) is 6.61 Å². The number of benzene rings is 4. The molecule has 0 unspecified atom stereocenters. The van der Waals surface area contributed by atoms with Crippen molar-refractivity contribution in [3.63, 3.8) is 0 Å². The van der Waals surface area contributed by atoms with Gasteiger partial charge in [-0.3, -0.25) is 4.79 Å². The Morgan fingerprint density at radius 1 is 0.929 bits per heavy atom. The molecule has 0 saturated carbocycles. The molecule has 6 nitrogen and oxygen atoms in total. The zero-order valence-electron chi connectivity index (χ0n) is 23.6. The van der Waals surface area contributed by atoms with Gasteiger partial charge in [-0.1, -0.05) is 89.6 Å². The first-order valence-corrected chi connectivity index (χ1v) is 15.1. The lowest BCUT2D eigenvalue weighted by molar-refractivity contribution is -0.128. The van der Waals surface area contributed by atoms with E-state index in [1.165, 1.54) is 0 Å². The van der Waals surface area contributed by atoms with Gasteiger partial charge in [0.15, 0.2) is 11.6 Å². The van der Waals surface area contributed by atoms with Gasteiger partial charge in [-0.05, 0) is 65.1 Å². The molecule has 0 radical (unpaired) electrons. The number of carbonyl (C=O) groups is 1. The number of rotatable bonds is 12. The van der Waals surface area contributed by atoms with Crippen LogP contribution in [0.5, 0.6) is 5.75 Å². The quantitative estimate of drug-likeness (QED) is 0.168. The zero-order chi connectivity index (χ0) is 29.4. The number of carbonyl (C=O) groups excluding carboxylic acids is 1. The Morgan fingerprint density at radius 2 is 1.60 bits per heavy atom. The second-order valence-corrected chi connectivity index (χ2v) is 11.3. The van der Waals surface area contributed by atoms with Crippen molar-refractivity contribution in [2.24, 2.45) is 4.99 Å². The maximum atomic E-state index is 14.1. The summed E-state index contributed by atoms with van der Waals surface area (Å²) in [7, 11) is 0. The summed E-state index contributed by atoms with van der Waals surface area (Å²) in [5, 5.41) is 12.2. The van der Waals surface area contributed by atoms with Gasteiger partial charge < -0.3 is 19.9 Å². The predicted octanol–water partition coefficient (Wildman–Crippen LogP) is 6.90. The molecule has 0 bridgehead atoms. The fourth-order valence-electron chi connectivity index (χ4n) is 5.07. The number of hydrogen-bond acceptors (Lipinski definition) is 5. The lowest BCUT2D eigenvalue weighted by Crippen LogP contribution is -2.50. The van der Waals surface area contributed by atoms with Crippen LogP contribution in [-0.2, 0) is 16.0 Å². The molecule has 1 aliphatic rings. The topological polar surface area (TPSA) is 80.2 Å². The second kappa shape index (κ2) is 13.8. The number of ether oxygens (including phenoxy) is 2. The van der Waals surface area contributed by atoms with Crippen molar-refractivity contribution in [3.8, 4) is 16.9 Å². The number of nitrogens with zero attached hydrogens (tertiary/aromatic N) is 1. The van der Waals surface area contributed by atoms with E-state index >= 15 is 0 Å². The maximum Gasteiger partial charge on any atom is 0.252 e. The molecule has 0 fully saturated rings. The molecule has 1 aliphatic heterocycles. The number of aliphatic imine (C=N–C) groups is 1. The molecule has 0 spiro atoms. The predicted molar refractivity (Wildman–Crippen MR) is 170 cm³/mol. The Kier molecular flexibility index (Phi) is 9.72. The average molecular weight is 628 g/mol. The first-order chi connectivity index (χ1) is 20.5. The van der Waals surface area contributed by atoms with Crippen molar-refractivity contribution in [1.29, 1.82) is 0 Å². The number of aliphatic hydroxyl groups excluding tert-OH is 1. The molecule has 4 aromatic carbocycles. The van der Waals surface area contributed by atoms with E-state index in [9.17, 15) is 4.79 Å². The third kappa shape index (κ3) is 6.75. The highest BCUT2D eigenvalue weighted by atomic mass is 79.9. The van der Waals surface area contributed by atoms with E-state index < -0.39 is 11.6 Å². The molecule has 216 valence electrons. The molecule has 42 heavy (non-hydrogen) atoms. The lowest BCUT2D eigenvalue weighted by Gasteiger charge is -2.31. The van der Waals surface area contributed by atoms with Gasteiger partial charge in [0.2, 0.25) is 5.90 Å². The van der Waals surface area contributed by atoms with E-state index in [1.54, 1.807) is 0 Å². The van der Waals surface area contributed by atoms with Gasteiger partial charge in [-0.15, -0.1) is 0 Å². The smallest absolute Gasteiger partial charge is 0.252 e. The molecule has 0 aliphatic carbocycles. The van der Waals surface area contributed by atoms with Crippen LogP contribution in [0.1, 0.15) is 42.6 Å². The highest BCUT2D eigenvalue weighted by Crippen LogP contribution is 2.43. The van der Waals surface area contributed by atoms with E-state index in [0.717, 1.165) is 38.7 Å². The van der Waals surface area contributed by atoms with Crippen LogP contribution >= 0.6 is 15.9 Å². The molecule has 2 N–H and O–H groups in total. The normalized spacial score (nSPS) is 17.8. The summed E-state index contributed by atoms with van der Waals surface area (Å²) in [5.41, 5.74) is 3.61. The molecule has 0 aromatic heterocycles. The summed E-state index contributed by atoms with van der Waals surface area (Å²) < 4.78 is 13.3. The Balaban J connectivity index is 1.55. The third-order valence-corrected chi connectivity index (χ3v) is 7.80. The van der Waals surface area contributed by atoms with Crippen molar-refractivity contribution in [2.75, 3.05) is 19.8 Å². The first-order valence-electron chi connectivity index (χ1n) is 14.3. The number of halogens is 1. The maximum absolute atomic E-state index is 14.1. The Bertz CT molecular complexity index is 1490. The summed E-state index contributed by atoms with van der Waals surface area (Å²) in [4.78, 5) is 19.2. The molecule has 1 heterocycles. The molecule has 1 amide bonds. The van der Waals surface area contributed by atoms with Crippen LogP contribution in [0.4, 0.5) is 0 Å². The Labute approximate surface area is 255 Å². The van der Waals surface area contributed by atoms with E-state index in [4.69, 9.17) is 19.6 Å². The highest BCUT2D eigenvalue weighted by Gasteiger charge is 2.53. The van der Waals surface area contributed by atoms with Gasteiger partial charge in [-0.25, -0.2) is 4.99 Å². The van der Waals surface area contributed by atoms with Crippen LogP contribution in [-0.4, -0.2) is 42.2 Å². The SMILES string of the molecule is CCCNC(=O)[C@]1(Cc2ccc(Br)cc2)N=C(c2ccc(OCCCO)cc2)O[C@@H]1c1ccc(-c2ccccc2)cc1. The monoisotopic (exact) mass is 626 g/mol. The minimum Gasteiger partial charge on any atom is -0.494 e. The number of nitrogens with one attached hydrogen (secondary N) is 1. The van der Waals surface area contributed by atoms with Gasteiger partial charge in [0.1, 0.15) is 5.75 Å². The summed E-state index contributed by atoms with van der Waals surface area (Å²) in [5.74, 6) is 0.946.